The van der Waals surface area contributed by atoms with Gasteiger partial charge in [-0.15, -0.1) is 11.3 Å². The molecule has 2 heterocycles. The summed E-state index contributed by atoms with van der Waals surface area (Å²) in [4.78, 5) is 20.9. The molecule has 3 N–H and O–H groups in total. The Labute approximate surface area is 135 Å². The van der Waals surface area contributed by atoms with Gasteiger partial charge in [0.1, 0.15) is 5.01 Å². The highest BCUT2D eigenvalue weighted by atomic mass is 32.1. The van der Waals surface area contributed by atoms with Crippen molar-refractivity contribution in [1.82, 2.24) is 14.8 Å². The first-order chi connectivity index (χ1) is 10.5. The van der Waals surface area contributed by atoms with Crippen molar-refractivity contribution in [2.45, 2.75) is 26.3 Å². The maximum atomic E-state index is 12.3. The van der Waals surface area contributed by atoms with Crippen molar-refractivity contribution in [3.8, 4) is 0 Å². The largest absolute Gasteiger partial charge is 0.395 e. The first-order valence-electron chi connectivity index (χ1n) is 7.82. The fourth-order valence-electron chi connectivity index (χ4n) is 2.47. The summed E-state index contributed by atoms with van der Waals surface area (Å²) in [5.41, 5.74) is 6.91. The number of piperazine rings is 1. The highest BCUT2D eigenvalue weighted by molar-refractivity contribution is 7.09. The number of thiazole rings is 1. The Morgan fingerprint density at radius 3 is 2.68 bits per heavy atom. The summed E-state index contributed by atoms with van der Waals surface area (Å²) in [5.74, 6) is 0.466. The smallest absolute Gasteiger partial charge is 0.228 e. The van der Waals surface area contributed by atoms with E-state index in [1.54, 1.807) is 0 Å². The summed E-state index contributed by atoms with van der Waals surface area (Å²) in [6.45, 7) is 8.10. The number of hydrogen-bond donors (Lipinski definition) is 2. The summed E-state index contributed by atoms with van der Waals surface area (Å²) < 4.78 is 0. The first kappa shape index (κ1) is 17.3. The first-order valence-corrected chi connectivity index (χ1v) is 8.70. The van der Waals surface area contributed by atoms with Gasteiger partial charge in [0.2, 0.25) is 5.91 Å². The number of nitrogens with zero attached hydrogens (tertiary/aromatic N) is 3. The molecule has 1 aliphatic rings. The molecule has 1 aromatic rings. The number of β-amino-alcohol motifs (C(OH)–C–C–N with tert-alkyl or cyclic N) is 1. The van der Waals surface area contributed by atoms with Gasteiger partial charge in [-0.25, -0.2) is 4.98 Å². The number of carbonyl (C=O) groups is 1. The zero-order chi connectivity index (χ0) is 16.1. The zero-order valence-electron chi connectivity index (χ0n) is 13.4. The van der Waals surface area contributed by atoms with E-state index in [9.17, 15) is 4.79 Å². The van der Waals surface area contributed by atoms with Crippen molar-refractivity contribution in [3.05, 3.63) is 16.1 Å². The predicted molar refractivity (Wildman–Crippen MR) is 87.7 cm³/mol. The van der Waals surface area contributed by atoms with Gasteiger partial charge in [-0.1, -0.05) is 13.8 Å². The fraction of sp³-hybridized carbons (Fsp3) is 0.733. The van der Waals surface area contributed by atoms with E-state index in [4.69, 9.17) is 10.8 Å². The molecule has 0 bridgehead atoms. The Bertz CT molecular complexity index is 484. The maximum absolute atomic E-state index is 12.3. The van der Waals surface area contributed by atoms with E-state index in [2.05, 4.69) is 23.7 Å². The van der Waals surface area contributed by atoms with Gasteiger partial charge >= 0.3 is 0 Å². The van der Waals surface area contributed by atoms with Crippen LogP contribution in [0, 0.1) is 5.92 Å². The molecule has 0 aromatic carbocycles. The van der Waals surface area contributed by atoms with Crippen LogP contribution in [0.3, 0.4) is 0 Å². The zero-order valence-corrected chi connectivity index (χ0v) is 14.2. The number of nitrogens with two attached hydrogens (primary N) is 1. The van der Waals surface area contributed by atoms with E-state index < -0.39 is 0 Å². The van der Waals surface area contributed by atoms with Gasteiger partial charge in [-0.2, -0.15) is 0 Å². The van der Waals surface area contributed by atoms with Crippen LogP contribution in [0.4, 0.5) is 0 Å². The van der Waals surface area contributed by atoms with E-state index in [-0.39, 0.29) is 18.6 Å². The van der Waals surface area contributed by atoms with Gasteiger partial charge < -0.3 is 15.7 Å². The van der Waals surface area contributed by atoms with Crippen LogP contribution in [0.5, 0.6) is 0 Å². The normalized spacial score (nSPS) is 18.0. The standard InChI is InChI=1S/C15H26N4O2S/c1-11(2)14(16)15-17-12(10-22-15)9-13(21)19-5-3-18(4-6-19)7-8-20/h10-11,14,20H,3-9,16H2,1-2H3. The van der Waals surface area contributed by atoms with Crippen LogP contribution >= 0.6 is 11.3 Å². The molecule has 7 heteroatoms. The van der Waals surface area contributed by atoms with Crippen molar-refractivity contribution in [1.29, 1.82) is 0 Å². The Kier molecular flexibility index (Phi) is 6.31. The van der Waals surface area contributed by atoms with Crippen molar-refractivity contribution in [2.75, 3.05) is 39.3 Å². The number of amides is 1. The second-order valence-corrected chi connectivity index (χ2v) is 6.96. The highest BCUT2D eigenvalue weighted by Crippen LogP contribution is 2.23. The molecule has 1 atom stereocenters. The Morgan fingerprint density at radius 1 is 1.41 bits per heavy atom. The van der Waals surface area contributed by atoms with Crippen LogP contribution in [-0.2, 0) is 11.2 Å². The minimum absolute atomic E-state index is 0.0594. The summed E-state index contributed by atoms with van der Waals surface area (Å²) in [6, 6.07) is -0.0594. The second-order valence-electron chi connectivity index (χ2n) is 6.07. The summed E-state index contributed by atoms with van der Waals surface area (Å²) >= 11 is 1.54. The van der Waals surface area contributed by atoms with E-state index in [1.165, 1.54) is 11.3 Å². The van der Waals surface area contributed by atoms with Gasteiger partial charge in [0, 0.05) is 38.1 Å². The van der Waals surface area contributed by atoms with E-state index >= 15 is 0 Å². The molecule has 1 unspecified atom stereocenters. The number of aliphatic hydroxyl groups excluding tert-OH is 1. The topological polar surface area (TPSA) is 82.7 Å². The van der Waals surface area contributed by atoms with Crippen molar-refractivity contribution >= 4 is 17.2 Å². The van der Waals surface area contributed by atoms with Crippen molar-refractivity contribution in [3.63, 3.8) is 0 Å². The minimum atomic E-state index is -0.0594. The van der Waals surface area contributed by atoms with Gasteiger partial charge in [0.25, 0.3) is 0 Å². The molecular weight excluding hydrogens is 300 g/mol. The molecule has 0 saturated carbocycles. The lowest BCUT2D eigenvalue weighted by Crippen LogP contribution is -2.49. The number of rotatable bonds is 6. The Hall–Kier alpha value is -1.02. The van der Waals surface area contributed by atoms with Crippen molar-refractivity contribution < 1.29 is 9.90 Å². The van der Waals surface area contributed by atoms with Gasteiger partial charge in [-0.05, 0) is 5.92 Å². The molecule has 22 heavy (non-hydrogen) atoms. The molecule has 1 fully saturated rings. The van der Waals surface area contributed by atoms with Gasteiger partial charge in [0.15, 0.2) is 0 Å². The minimum Gasteiger partial charge on any atom is -0.395 e. The molecule has 1 saturated heterocycles. The Morgan fingerprint density at radius 2 is 2.09 bits per heavy atom. The summed E-state index contributed by atoms with van der Waals surface area (Å²) in [5, 5.41) is 11.8. The summed E-state index contributed by atoms with van der Waals surface area (Å²) in [7, 11) is 0. The van der Waals surface area contributed by atoms with Gasteiger partial charge in [0.05, 0.1) is 24.8 Å². The molecule has 6 nitrogen and oxygen atoms in total. The van der Waals surface area contributed by atoms with Crippen LogP contribution in [0.15, 0.2) is 5.38 Å². The monoisotopic (exact) mass is 326 g/mol. The van der Waals surface area contributed by atoms with Crippen LogP contribution in [0.25, 0.3) is 0 Å². The van der Waals surface area contributed by atoms with E-state index in [0.717, 1.165) is 36.9 Å². The highest BCUT2D eigenvalue weighted by Gasteiger charge is 2.22. The van der Waals surface area contributed by atoms with E-state index in [0.29, 0.717) is 18.9 Å². The predicted octanol–water partition coefficient (Wildman–Crippen LogP) is 0.478. The van der Waals surface area contributed by atoms with Crippen LogP contribution in [0.2, 0.25) is 0 Å². The lowest BCUT2D eigenvalue weighted by molar-refractivity contribution is -0.132. The molecular formula is C15H26N4O2S. The molecule has 0 spiro atoms. The lowest BCUT2D eigenvalue weighted by atomic mass is 10.1. The van der Waals surface area contributed by atoms with Crippen LogP contribution < -0.4 is 5.73 Å². The third-order valence-electron chi connectivity index (χ3n) is 4.05. The van der Waals surface area contributed by atoms with Crippen LogP contribution in [0.1, 0.15) is 30.6 Å². The molecule has 2 rings (SSSR count). The molecule has 1 aliphatic heterocycles. The van der Waals surface area contributed by atoms with Gasteiger partial charge in [-0.3, -0.25) is 9.69 Å². The third kappa shape index (κ3) is 4.49. The number of carbonyl (C=O) groups excluding carboxylic acids is 1. The fourth-order valence-corrected chi connectivity index (χ4v) is 3.46. The maximum Gasteiger partial charge on any atom is 0.228 e. The SMILES string of the molecule is CC(C)C(N)c1nc(CC(=O)N2CCN(CCO)CC2)cs1. The molecule has 124 valence electrons. The number of aromatic nitrogens is 1. The average molecular weight is 326 g/mol. The Balaban J connectivity index is 1.85. The average Bonchev–Trinajstić information content (AvgIpc) is 2.95. The number of hydrogen-bond acceptors (Lipinski definition) is 6. The lowest BCUT2D eigenvalue weighted by Gasteiger charge is -2.34. The number of aliphatic hydroxyl groups is 1. The molecule has 0 radical (unpaired) electrons. The van der Waals surface area contributed by atoms with Crippen LogP contribution in [-0.4, -0.2) is 65.1 Å². The molecule has 1 amide bonds. The van der Waals surface area contributed by atoms with E-state index in [1.807, 2.05) is 10.3 Å². The summed E-state index contributed by atoms with van der Waals surface area (Å²) in [6.07, 6.45) is 0.349. The quantitative estimate of drug-likeness (QED) is 0.794. The molecule has 0 aliphatic carbocycles. The second kappa shape index (κ2) is 8.01. The van der Waals surface area contributed by atoms with Crippen molar-refractivity contribution in [2.24, 2.45) is 11.7 Å². The third-order valence-corrected chi connectivity index (χ3v) is 5.04. The molecule has 1 aromatic heterocycles.